The summed E-state index contributed by atoms with van der Waals surface area (Å²) in [7, 11) is 0. The molecule has 0 aromatic heterocycles. The Balaban J connectivity index is 1.67. The molecule has 3 N–H and O–H groups in total. The molecular weight excluding hydrogens is 184 g/mol. The highest BCUT2D eigenvalue weighted by Crippen LogP contribution is 2.58. The van der Waals surface area contributed by atoms with Gasteiger partial charge in [0.2, 0.25) is 0 Å². The third-order valence-electron chi connectivity index (χ3n) is 4.57. The zero-order valence-electron chi connectivity index (χ0n) is 8.92. The Labute approximate surface area is 90.1 Å². The van der Waals surface area contributed by atoms with Crippen molar-refractivity contribution in [1.29, 1.82) is 0 Å². The zero-order chi connectivity index (χ0) is 9.88. The molecule has 2 heteroatoms. The van der Waals surface area contributed by atoms with Crippen LogP contribution in [0.4, 0.5) is 0 Å². The number of hydrogen-bond acceptors (Lipinski definition) is 1. The van der Waals surface area contributed by atoms with Gasteiger partial charge in [-0.15, -0.1) is 0 Å². The van der Waals surface area contributed by atoms with Crippen molar-refractivity contribution in [3.8, 4) is 0 Å². The van der Waals surface area contributed by atoms with Crippen LogP contribution in [-0.4, -0.2) is 6.54 Å². The SMILES string of the molecule is C1=C2CC3(CC2=C[NH2+]1)CC1=CNCC1C3. The molecule has 2 heterocycles. The second-order valence-corrected chi connectivity index (χ2v) is 5.64. The van der Waals surface area contributed by atoms with Crippen molar-refractivity contribution in [2.45, 2.75) is 25.7 Å². The van der Waals surface area contributed by atoms with Gasteiger partial charge in [-0.2, -0.15) is 0 Å². The maximum Gasteiger partial charge on any atom is 0.101 e. The molecule has 4 rings (SSSR count). The van der Waals surface area contributed by atoms with Crippen LogP contribution >= 0.6 is 0 Å². The Morgan fingerprint density at radius 2 is 2.00 bits per heavy atom. The van der Waals surface area contributed by atoms with Crippen molar-refractivity contribution in [2.75, 3.05) is 6.54 Å². The number of rotatable bonds is 0. The van der Waals surface area contributed by atoms with Crippen LogP contribution in [0.2, 0.25) is 0 Å². The highest BCUT2D eigenvalue weighted by molar-refractivity contribution is 5.41. The second kappa shape index (κ2) is 2.56. The topological polar surface area (TPSA) is 28.6 Å². The fraction of sp³-hybridized carbons (Fsp3) is 0.538. The minimum atomic E-state index is 0.616. The molecule has 2 saturated carbocycles. The summed E-state index contributed by atoms with van der Waals surface area (Å²) in [6.45, 7) is 1.20. The van der Waals surface area contributed by atoms with Gasteiger partial charge in [0, 0.05) is 17.7 Å². The first-order chi connectivity index (χ1) is 7.35. The van der Waals surface area contributed by atoms with E-state index >= 15 is 0 Å². The van der Waals surface area contributed by atoms with Gasteiger partial charge >= 0.3 is 0 Å². The molecule has 4 aliphatic rings. The second-order valence-electron chi connectivity index (χ2n) is 5.64. The van der Waals surface area contributed by atoms with Crippen LogP contribution in [0.15, 0.2) is 35.3 Å². The molecule has 0 radical (unpaired) electrons. The first-order valence-electron chi connectivity index (χ1n) is 6.00. The predicted octanol–water partition coefficient (Wildman–Crippen LogP) is 1.01. The summed E-state index contributed by atoms with van der Waals surface area (Å²) >= 11 is 0. The van der Waals surface area contributed by atoms with Crippen molar-refractivity contribution in [2.24, 2.45) is 11.3 Å². The molecule has 1 atom stereocenters. The number of nitrogens with one attached hydrogen (secondary N) is 1. The molecule has 1 unspecified atom stereocenters. The van der Waals surface area contributed by atoms with Crippen molar-refractivity contribution in [1.82, 2.24) is 5.32 Å². The highest BCUT2D eigenvalue weighted by atomic mass is 14.9. The average Bonchev–Trinajstić information content (AvgIpc) is 2.84. The van der Waals surface area contributed by atoms with Crippen LogP contribution in [-0.2, 0) is 0 Å². The van der Waals surface area contributed by atoms with Gasteiger partial charge in [0.15, 0.2) is 0 Å². The van der Waals surface area contributed by atoms with Crippen LogP contribution in [0.1, 0.15) is 25.7 Å². The Morgan fingerprint density at radius 3 is 2.73 bits per heavy atom. The minimum Gasteiger partial charge on any atom is -0.390 e. The average molecular weight is 201 g/mol. The Kier molecular flexibility index (Phi) is 1.39. The summed E-state index contributed by atoms with van der Waals surface area (Å²) in [5, 5.41) is 5.60. The van der Waals surface area contributed by atoms with Gasteiger partial charge in [-0.05, 0) is 48.8 Å². The van der Waals surface area contributed by atoms with E-state index in [1.165, 1.54) is 32.2 Å². The fourth-order valence-corrected chi connectivity index (χ4v) is 3.99. The predicted molar refractivity (Wildman–Crippen MR) is 58.6 cm³/mol. The lowest BCUT2D eigenvalue weighted by molar-refractivity contribution is -0.511. The first kappa shape index (κ1) is 8.17. The van der Waals surface area contributed by atoms with Gasteiger partial charge in [-0.1, -0.05) is 0 Å². The minimum absolute atomic E-state index is 0.616. The van der Waals surface area contributed by atoms with Gasteiger partial charge in [-0.25, -0.2) is 0 Å². The molecule has 0 bridgehead atoms. The molecule has 2 nitrogen and oxygen atoms in total. The van der Waals surface area contributed by atoms with Gasteiger partial charge in [-0.3, -0.25) is 5.32 Å². The smallest absolute Gasteiger partial charge is 0.101 e. The number of nitrogens with two attached hydrogens (primary N) is 1. The van der Waals surface area contributed by atoms with E-state index in [1.54, 1.807) is 16.7 Å². The van der Waals surface area contributed by atoms with E-state index in [1.807, 2.05) is 0 Å². The van der Waals surface area contributed by atoms with E-state index in [-0.39, 0.29) is 0 Å². The Morgan fingerprint density at radius 1 is 1.20 bits per heavy atom. The molecule has 78 valence electrons. The van der Waals surface area contributed by atoms with Gasteiger partial charge < -0.3 is 5.32 Å². The zero-order valence-corrected chi connectivity index (χ0v) is 8.92. The molecule has 1 spiro atoms. The van der Waals surface area contributed by atoms with Crippen LogP contribution in [0.25, 0.3) is 0 Å². The maximum absolute atomic E-state index is 3.38. The summed E-state index contributed by atoms with van der Waals surface area (Å²) in [6.07, 6.45) is 12.4. The summed E-state index contributed by atoms with van der Waals surface area (Å²) in [4.78, 5) is 0. The van der Waals surface area contributed by atoms with Gasteiger partial charge in [0.1, 0.15) is 12.4 Å². The summed E-state index contributed by atoms with van der Waals surface area (Å²) in [5.41, 5.74) is 5.57. The van der Waals surface area contributed by atoms with E-state index < -0.39 is 0 Å². The molecule has 2 aliphatic carbocycles. The molecule has 2 aliphatic heterocycles. The van der Waals surface area contributed by atoms with E-state index in [0.717, 1.165) is 5.92 Å². The lowest BCUT2D eigenvalue weighted by Gasteiger charge is -2.22. The lowest BCUT2D eigenvalue weighted by Crippen LogP contribution is -2.69. The maximum atomic E-state index is 3.38. The molecule has 0 saturated heterocycles. The molecule has 0 aromatic rings. The number of hydrogen-bond donors (Lipinski definition) is 2. The Bertz CT molecular complexity index is 394. The van der Waals surface area contributed by atoms with Crippen molar-refractivity contribution < 1.29 is 5.32 Å². The lowest BCUT2D eigenvalue weighted by atomic mass is 9.83. The monoisotopic (exact) mass is 201 g/mol. The molecule has 2 fully saturated rings. The van der Waals surface area contributed by atoms with E-state index in [4.69, 9.17) is 0 Å². The van der Waals surface area contributed by atoms with Gasteiger partial charge in [0.05, 0.1) is 0 Å². The third-order valence-corrected chi connectivity index (χ3v) is 4.57. The normalized spacial score (nSPS) is 34.7. The summed E-state index contributed by atoms with van der Waals surface area (Å²) in [5.74, 6) is 0.856. The molecule has 0 amide bonds. The number of quaternary nitrogens is 1. The number of fused-ring (bicyclic) bond motifs is 2. The number of allylic oxidation sites excluding steroid dienone is 2. The van der Waals surface area contributed by atoms with Gasteiger partial charge in [0.25, 0.3) is 0 Å². The van der Waals surface area contributed by atoms with Crippen molar-refractivity contribution >= 4 is 0 Å². The standard InChI is InChI=1S/C13H16N2/c1-9-5-14-6-10(9)2-13(1)3-11-7-15-8-12(11)4-13/h5-7,12,14-15H,1-4,8H2/p+1. The fourth-order valence-electron chi connectivity index (χ4n) is 3.99. The van der Waals surface area contributed by atoms with Crippen LogP contribution in [0, 0.1) is 11.3 Å². The summed E-state index contributed by atoms with van der Waals surface area (Å²) < 4.78 is 0. The Hall–Kier alpha value is -1.02. The largest absolute Gasteiger partial charge is 0.390 e. The van der Waals surface area contributed by atoms with E-state index in [2.05, 4.69) is 29.2 Å². The van der Waals surface area contributed by atoms with Crippen LogP contribution in [0.5, 0.6) is 0 Å². The highest BCUT2D eigenvalue weighted by Gasteiger charge is 2.49. The molecule has 15 heavy (non-hydrogen) atoms. The van der Waals surface area contributed by atoms with Crippen LogP contribution in [0.3, 0.4) is 0 Å². The van der Waals surface area contributed by atoms with E-state index in [0.29, 0.717) is 5.41 Å². The molecule has 0 aromatic carbocycles. The third kappa shape index (κ3) is 1.03. The summed E-state index contributed by atoms with van der Waals surface area (Å²) in [6, 6.07) is 0. The quantitative estimate of drug-likeness (QED) is 0.601. The first-order valence-corrected chi connectivity index (χ1v) is 6.00. The molecular formula is C13H17N2+. The van der Waals surface area contributed by atoms with Crippen molar-refractivity contribution in [3.63, 3.8) is 0 Å². The van der Waals surface area contributed by atoms with Crippen molar-refractivity contribution in [3.05, 3.63) is 35.3 Å². The van der Waals surface area contributed by atoms with E-state index in [9.17, 15) is 0 Å². The van der Waals surface area contributed by atoms with Crippen LogP contribution < -0.4 is 10.6 Å².